The molecule has 6 N–H and O–H groups in total. The maximum atomic E-state index is 13.5. The van der Waals surface area contributed by atoms with Gasteiger partial charge in [0.2, 0.25) is 5.91 Å². The lowest BCUT2D eigenvalue weighted by molar-refractivity contribution is -0.305. The Morgan fingerprint density at radius 3 is 1.14 bits per heavy atom. The van der Waals surface area contributed by atoms with E-state index >= 15 is 0 Å². The third-order valence-electron chi connectivity index (χ3n) is 19.0. The lowest BCUT2D eigenvalue weighted by Gasteiger charge is -2.41. The Hall–Kier alpha value is -2.38. The zero-order valence-corrected chi connectivity index (χ0v) is 60.4. The molecule has 0 bridgehead atoms. The van der Waals surface area contributed by atoms with Crippen LogP contribution in [0, 0.1) is 0 Å². The van der Waals surface area contributed by atoms with Crippen molar-refractivity contribution in [3.05, 3.63) is 48.6 Å². The molecule has 8 unspecified atom stereocenters. The van der Waals surface area contributed by atoms with E-state index in [1.807, 2.05) is 6.08 Å². The highest BCUT2D eigenvalue weighted by Gasteiger charge is 2.47. The summed E-state index contributed by atoms with van der Waals surface area (Å²) in [6.07, 6.45) is 77.4. The topological polar surface area (TPSA) is 175 Å². The number of hydrogen-bond donors (Lipinski definition) is 6. The average molecular weight is 1300 g/mol. The molecule has 1 amide bonds. The fourth-order valence-electron chi connectivity index (χ4n) is 12.7. The fraction of sp³-hybridized carbons (Fsp3) is 0.877. The van der Waals surface area contributed by atoms with Gasteiger partial charge in [-0.3, -0.25) is 9.59 Å². The Balaban J connectivity index is 2.49. The van der Waals surface area contributed by atoms with Gasteiger partial charge < -0.3 is 45.1 Å². The molecule has 0 saturated carbocycles. The van der Waals surface area contributed by atoms with E-state index in [1.165, 1.54) is 276 Å². The van der Waals surface area contributed by atoms with Crippen molar-refractivity contribution in [1.82, 2.24) is 5.32 Å². The van der Waals surface area contributed by atoms with Crippen LogP contribution in [0.15, 0.2) is 48.6 Å². The number of esters is 1. The Kier molecular flexibility index (Phi) is 65.3. The Bertz CT molecular complexity index is 1690. The van der Waals surface area contributed by atoms with Crippen molar-refractivity contribution in [2.24, 2.45) is 0 Å². The molecule has 0 spiro atoms. The second kappa shape index (κ2) is 68.6. The van der Waals surface area contributed by atoms with Crippen LogP contribution >= 0.6 is 0 Å². The molecular weight excluding hydrogens is 1150 g/mol. The van der Waals surface area contributed by atoms with Crippen molar-refractivity contribution >= 4 is 11.9 Å². The predicted molar refractivity (Wildman–Crippen MR) is 389 cm³/mol. The summed E-state index contributed by atoms with van der Waals surface area (Å²) in [5.74, 6) is -1.18. The molecule has 1 rings (SSSR count). The maximum absolute atomic E-state index is 13.5. The first-order valence-electron chi connectivity index (χ1n) is 39.9. The van der Waals surface area contributed by atoms with Crippen molar-refractivity contribution < 1.29 is 49.3 Å². The summed E-state index contributed by atoms with van der Waals surface area (Å²) in [4.78, 5) is 26.8. The predicted octanol–water partition coefficient (Wildman–Crippen LogP) is 21.5. The van der Waals surface area contributed by atoms with E-state index in [2.05, 4.69) is 62.5 Å². The molecule has 11 nitrogen and oxygen atoms in total. The minimum atomic E-state index is -1.61. The van der Waals surface area contributed by atoms with Gasteiger partial charge in [0.25, 0.3) is 0 Å². The third-order valence-corrected chi connectivity index (χ3v) is 19.0. The van der Waals surface area contributed by atoms with Crippen molar-refractivity contribution in [3.8, 4) is 0 Å². The van der Waals surface area contributed by atoms with Gasteiger partial charge in [0, 0.05) is 6.42 Å². The highest BCUT2D eigenvalue weighted by atomic mass is 16.7. The number of ether oxygens (including phenoxy) is 3. The van der Waals surface area contributed by atoms with Gasteiger partial charge in [-0.25, -0.2) is 0 Å². The van der Waals surface area contributed by atoms with E-state index in [9.17, 15) is 35.1 Å². The van der Waals surface area contributed by atoms with Gasteiger partial charge in [0.1, 0.15) is 24.4 Å². The molecule has 0 radical (unpaired) electrons. The van der Waals surface area contributed by atoms with Gasteiger partial charge in [-0.2, -0.15) is 0 Å². The number of unbranched alkanes of at least 4 members (excludes halogenated alkanes) is 50. The van der Waals surface area contributed by atoms with E-state index in [4.69, 9.17) is 14.2 Å². The molecule has 0 aromatic rings. The normalized spacial score (nSPS) is 18.1. The minimum Gasteiger partial charge on any atom is -0.454 e. The van der Waals surface area contributed by atoms with Crippen LogP contribution in [-0.2, 0) is 23.8 Å². The zero-order valence-electron chi connectivity index (χ0n) is 60.4. The maximum Gasteiger partial charge on any atom is 0.306 e. The molecule has 92 heavy (non-hydrogen) atoms. The molecule has 0 aromatic heterocycles. The quantitative estimate of drug-likeness (QED) is 0.0195. The summed E-state index contributed by atoms with van der Waals surface area (Å²) >= 11 is 0. The lowest BCUT2D eigenvalue weighted by atomic mass is 9.99. The van der Waals surface area contributed by atoms with Gasteiger partial charge in [-0.15, -0.1) is 0 Å². The SMILES string of the molecule is CCCCC/C=C\C/C=C\C/C=C\CCCCCCCCCCCCCCC(=O)OC1C(OCC(NC(=O)C(O)CCCCCCCCCCCCCCCCCCCCCCCCCCCC)C(O)/C=C/CCCCCCCCCCCC)OC(CO)C(O)C1O. The Labute approximate surface area is 567 Å². The zero-order chi connectivity index (χ0) is 66.7. The number of carbonyl (C=O) groups excluding carboxylic acids is 2. The first-order valence-corrected chi connectivity index (χ1v) is 39.9. The van der Waals surface area contributed by atoms with Crippen LogP contribution in [0.1, 0.15) is 393 Å². The van der Waals surface area contributed by atoms with E-state index in [1.54, 1.807) is 6.08 Å². The summed E-state index contributed by atoms with van der Waals surface area (Å²) in [5.41, 5.74) is 0. The van der Waals surface area contributed by atoms with Crippen LogP contribution in [0.25, 0.3) is 0 Å². The van der Waals surface area contributed by atoms with Crippen LogP contribution in [-0.4, -0.2) is 99.6 Å². The number of allylic oxidation sites excluding steroid dienone is 7. The number of aliphatic hydroxyl groups is 5. The van der Waals surface area contributed by atoms with Crippen LogP contribution < -0.4 is 5.32 Å². The standard InChI is InChI=1S/C81H151NO10/c1-4-7-10-13-16-19-22-25-27-29-31-33-35-37-39-40-42-44-46-48-50-53-56-59-62-65-68-74(85)80(89)82-72(73(84)67-64-61-58-55-52-24-21-18-15-12-9-6-3)71-90-81-79(78(88)77(87)75(70-83)91-81)92-76(86)69-66-63-60-57-54-51-49-47-45-43-41-38-36-34-32-30-28-26-23-20-17-14-11-8-5-2/h17,20,26,28,32,34,64,67,72-75,77-79,81,83-85,87-88H,4-16,18-19,21-25,27,29-31,33,35-63,65-66,68-71H2,1-3H3,(H,82,89)/b20-17-,28-26-,34-32-,67-64+. The Morgan fingerprint density at radius 1 is 0.424 bits per heavy atom. The number of carbonyl (C=O) groups is 2. The largest absolute Gasteiger partial charge is 0.454 e. The van der Waals surface area contributed by atoms with Gasteiger partial charge in [0.15, 0.2) is 12.4 Å². The second-order valence-corrected chi connectivity index (χ2v) is 27.8. The molecule has 0 aromatic carbocycles. The average Bonchev–Trinajstić information content (AvgIpc) is 0.875. The van der Waals surface area contributed by atoms with E-state index < -0.39 is 67.4 Å². The van der Waals surface area contributed by atoms with Crippen LogP contribution in [0.3, 0.4) is 0 Å². The van der Waals surface area contributed by atoms with Gasteiger partial charge in [-0.05, 0) is 64.2 Å². The van der Waals surface area contributed by atoms with Crippen LogP contribution in [0.4, 0.5) is 0 Å². The third kappa shape index (κ3) is 54.7. The van der Waals surface area contributed by atoms with Gasteiger partial charge in [0.05, 0.1) is 25.4 Å². The second-order valence-electron chi connectivity index (χ2n) is 27.8. The molecule has 0 aliphatic carbocycles. The van der Waals surface area contributed by atoms with E-state index in [0.29, 0.717) is 19.3 Å². The van der Waals surface area contributed by atoms with E-state index in [-0.39, 0.29) is 13.0 Å². The highest BCUT2D eigenvalue weighted by molar-refractivity contribution is 5.80. The summed E-state index contributed by atoms with van der Waals surface area (Å²) in [5, 5.41) is 57.4. The monoisotopic (exact) mass is 1300 g/mol. The summed E-state index contributed by atoms with van der Waals surface area (Å²) in [7, 11) is 0. The fourth-order valence-corrected chi connectivity index (χ4v) is 12.7. The first-order chi connectivity index (χ1) is 45.2. The lowest BCUT2D eigenvalue weighted by Crippen LogP contribution is -2.61. The van der Waals surface area contributed by atoms with Crippen molar-refractivity contribution in [2.45, 2.75) is 442 Å². The van der Waals surface area contributed by atoms with Crippen molar-refractivity contribution in [3.63, 3.8) is 0 Å². The van der Waals surface area contributed by atoms with Crippen LogP contribution in [0.2, 0.25) is 0 Å². The smallest absolute Gasteiger partial charge is 0.306 e. The molecule has 1 saturated heterocycles. The summed E-state index contributed by atoms with van der Waals surface area (Å²) in [6, 6.07) is -1.02. The van der Waals surface area contributed by atoms with Crippen molar-refractivity contribution in [2.75, 3.05) is 13.2 Å². The molecule has 1 heterocycles. The van der Waals surface area contributed by atoms with Gasteiger partial charge >= 0.3 is 5.97 Å². The van der Waals surface area contributed by atoms with Gasteiger partial charge in [-0.1, -0.05) is 371 Å². The number of hydrogen-bond acceptors (Lipinski definition) is 10. The molecule has 1 aliphatic rings. The number of amides is 1. The molecule has 540 valence electrons. The number of aliphatic hydroxyl groups excluding tert-OH is 5. The Morgan fingerprint density at radius 2 is 0.750 bits per heavy atom. The van der Waals surface area contributed by atoms with Crippen molar-refractivity contribution in [1.29, 1.82) is 0 Å². The van der Waals surface area contributed by atoms with E-state index in [0.717, 1.165) is 70.6 Å². The molecule has 8 atom stereocenters. The molecular formula is C81H151NO10. The molecule has 11 heteroatoms. The minimum absolute atomic E-state index is 0.123. The molecule has 1 fully saturated rings. The summed E-state index contributed by atoms with van der Waals surface area (Å²) in [6.45, 7) is 5.83. The number of rotatable bonds is 70. The number of nitrogens with one attached hydrogen (secondary N) is 1. The van der Waals surface area contributed by atoms with Crippen LogP contribution in [0.5, 0.6) is 0 Å². The first kappa shape index (κ1) is 87.6. The molecule has 1 aliphatic heterocycles. The summed E-state index contributed by atoms with van der Waals surface area (Å²) < 4.78 is 17.8. The highest BCUT2D eigenvalue weighted by Crippen LogP contribution is 2.27.